The SMILES string of the molecule is Cc1ccc(S(=O)(=O)N[C@H](CC#N)C(C)(C)C)cc1. The average Bonchev–Trinajstić information content (AvgIpc) is 2.27. The molecule has 1 atom stereocenters. The van der Waals surface area contributed by atoms with Crippen molar-refractivity contribution in [3.63, 3.8) is 0 Å². The number of nitriles is 1. The van der Waals surface area contributed by atoms with Crippen LogP contribution in [0.5, 0.6) is 0 Å². The van der Waals surface area contributed by atoms with Crippen molar-refractivity contribution in [2.24, 2.45) is 5.41 Å². The van der Waals surface area contributed by atoms with Crippen LogP contribution in [-0.4, -0.2) is 14.5 Å². The number of benzene rings is 1. The Kier molecular flexibility index (Phi) is 4.72. The minimum atomic E-state index is -3.58. The van der Waals surface area contributed by atoms with Crippen LogP contribution in [0.2, 0.25) is 0 Å². The Morgan fingerprint density at radius 3 is 2.21 bits per heavy atom. The largest absolute Gasteiger partial charge is 0.240 e. The van der Waals surface area contributed by atoms with E-state index in [1.807, 2.05) is 33.8 Å². The lowest BCUT2D eigenvalue weighted by Crippen LogP contribution is -2.43. The second-order valence-electron chi connectivity index (χ2n) is 5.72. The van der Waals surface area contributed by atoms with Crippen molar-refractivity contribution in [2.45, 2.75) is 45.1 Å². The maximum atomic E-state index is 12.3. The Bertz CT molecular complexity index is 563. The summed E-state index contributed by atoms with van der Waals surface area (Å²) in [5, 5.41) is 8.82. The van der Waals surface area contributed by atoms with E-state index in [-0.39, 0.29) is 16.7 Å². The molecule has 0 aliphatic rings. The fourth-order valence-electron chi connectivity index (χ4n) is 1.59. The summed E-state index contributed by atoms with van der Waals surface area (Å²) >= 11 is 0. The summed E-state index contributed by atoms with van der Waals surface area (Å²) in [7, 11) is -3.58. The van der Waals surface area contributed by atoms with Crippen LogP contribution in [-0.2, 0) is 10.0 Å². The number of rotatable bonds is 4. The average molecular weight is 280 g/mol. The molecule has 0 saturated carbocycles. The highest BCUT2D eigenvalue weighted by Crippen LogP contribution is 2.23. The zero-order chi connectivity index (χ0) is 14.7. The summed E-state index contributed by atoms with van der Waals surface area (Å²) in [5.41, 5.74) is 0.691. The highest BCUT2D eigenvalue weighted by molar-refractivity contribution is 7.89. The molecule has 1 rings (SSSR count). The van der Waals surface area contributed by atoms with Crippen molar-refractivity contribution < 1.29 is 8.42 Å². The number of aryl methyl sites for hydroxylation is 1. The first kappa shape index (κ1) is 15.7. The van der Waals surface area contributed by atoms with Gasteiger partial charge in [-0.15, -0.1) is 0 Å². The molecule has 0 amide bonds. The van der Waals surface area contributed by atoms with E-state index in [1.165, 1.54) is 0 Å². The number of nitrogens with one attached hydrogen (secondary N) is 1. The summed E-state index contributed by atoms with van der Waals surface area (Å²) in [4.78, 5) is 0.227. The smallest absolute Gasteiger partial charge is 0.207 e. The van der Waals surface area contributed by atoms with Gasteiger partial charge >= 0.3 is 0 Å². The molecule has 4 nitrogen and oxygen atoms in total. The van der Waals surface area contributed by atoms with Gasteiger partial charge in [-0.2, -0.15) is 5.26 Å². The number of nitrogens with zero attached hydrogens (tertiary/aromatic N) is 1. The van der Waals surface area contributed by atoms with E-state index >= 15 is 0 Å². The monoisotopic (exact) mass is 280 g/mol. The Morgan fingerprint density at radius 2 is 1.79 bits per heavy atom. The fourth-order valence-corrected chi connectivity index (χ4v) is 3.03. The summed E-state index contributed by atoms with van der Waals surface area (Å²) in [6.07, 6.45) is 0.147. The van der Waals surface area contributed by atoms with Crippen molar-refractivity contribution in [1.82, 2.24) is 4.72 Å². The molecule has 104 valence electrons. The van der Waals surface area contributed by atoms with Crippen LogP contribution >= 0.6 is 0 Å². The van der Waals surface area contributed by atoms with E-state index in [4.69, 9.17) is 5.26 Å². The molecule has 19 heavy (non-hydrogen) atoms. The predicted octanol–water partition coefficient (Wildman–Crippen LogP) is 2.60. The van der Waals surface area contributed by atoms with Gasteiger partial charge in [-0.05, 0) is 24.5 Å². The third-order valence-corrected chi connectivity index (χ3v) is 4.46. The lowest BCUT2D eigenvalue weighted by molar-refractivity contribution is 0.302. The van der Waals surface area contributed by atoms with Crippen LogP contribution in [0, 0.1) is 23.7 Å². The second kappa shape index (κ2) is 5.72. The third-order valence-electron chi connectivity index (χ3n) is 2.97. The summed E-state index contributed by atoms with van der Waals surface area (Å²) in [6, 6.07) is 8.27. The minimum absolute atomic E-state index is 0.147. The predicted molar refractivity (Wildman–Crippen MR) is 75.0 cm³/mol. The zero-order valence-electron chi connectivity index (χ0n) is 11.8. The van der Waals surface area contributed by atoms with Gasteiger partial charge in [0.2, 0.25) is 10.0 Å². The van der Waals surface area contributed by atoms with Crippen molar-refractivity contribution in [1.29, 1.82) is 5.26 Å². The van der Waals surface area contributed by atoms with E-state index in [9.17, 15) is 8.42 Å². The molecule has 1 N–H and O–H groups in total. The first-order chi connectivity index (χ1) is 8.66. The highest BCUT2D eigenvalue weighted by atomic mass is 32.2. The molecule has 0 aliphatic carbocycles. The normalized spacial score (nSPS) is 13.8. The van der Waals surface area contributed by atoms with Crippen LogP contribution in [0.1, 0.15) is 32.8 Å². The molecule has 0 fully saturated rings. The quantitative estimate of drug-likeness (QED) is 0.921. The van der Waals surface area contributed by atoms with Gasteiger partial charge in [-0.3, -0.25) is 0 Å². The van der Waals surface area contributed by atoms with Gasteiger partial charge in [-0.25, -0.2) is 13.1 Å². The van der Waals surface area contributed by atoms with Gasteiger partial charge < -0.3 is 0 Å². The molecular formula is C14H20N2O2S. The lowest BCUT2D eigenvalue weighted by Gasteiger charge is -2.29. The Balaban J connectivity index is 3.01. The molecule has 0 radical (unpaired) electrons. The van der Waals surface area contributed by atoms with E-state index < -0.39 is 16.1 Å². The van der Waals surface area contributed by atoms with Crippen molar-refractivity contribution in [2.75, 3.05) is 0 Å². The molecular weight excluding hydrogens is 260 g/mol. The Morgan fingerprint density at radius 1 is 1.26 bits per heavy atom. The van der Waals surface area contributed by atoms with Crippen LogP contribution in [0.4, 0.5) is 0 Å². The van der Waals surface area contributed by atoms with Gasteiger partial charge in [-0.1, -0.05) is 38.5 Å². The first-order valence-electron chi connectivity index (χ1n) is 6.13. The minimum Gasteiger partial charge on any atom is -0.207 e. The van der Waals surface area contributed by atoms with E-state index in [0.717, 1.165) is 5.56 Å². The van der Waals surface area contributed by atoms with E-state index in [2.05, 4.69) is 4.72 Å². The molecule has 1 aromatic carbocycles. The molecule has 0 unspecified atom stereocenters. The van der Waals surface area contributed by atoms with Gasteiger partial charge in [0.1, 0.15) is 0 Å². The maximum Gasteiger partial charge on any atom is 0.240 e. The van der Waals surface area contributed by atoms with Gasteiger partial charge in [0.25, 0.3) is 0 Å². The summed E-state index contributed by atoms with van der Waals surface area (Å²) < 4.78 is 27.1. The molecule has 5 heteroatoms. The van der Waals surface area contributed by atoms with Crippen LogP contribution < -0.4 is 4.72 Å². The first-order valence-corrected chi connectivity index (χ1v) is 7.61. The topological polar surface area (TPSA) is 70.0 Å². The third kappa shape index (κ3) is 4.34. The molecule has 1 aromatic rings. The van der Waals surface area contributed by atoms with E-state index in [0.29, 0.717) is 0 Å². The number of sulfonamides is 1. The number of hydrogen-bond donors (Lipinski definition) is 1. The van der Waals surface area contributed by atoms with Crippen LogP contribution in [0.3, 0.4) is 0 Å². The van der Waals surface area contributed by atoms with Crippen LogP contribution in [0.25, 0.3) is 0 Å². The molecule has 0 saturated heterocycles. The zero-order valence-corrected chi connectivity index (χ0v) is 12.6. The standard InChI is InChI=1S/C14H20N2O2S/c1-11-5-7-12(8-6-11)19(17,18)16-13(9-10-15)14(2,3)4/h5-8,13,16H,9H2,1-4H3/t13-/m1/s1. The summed E-state index contributed by atoms with van der Waals surface area (Å²) in [6.45, 7) is 7.63. The van der Waals surface area contributed by atoms with Gasteiger partial charge in [0.05, 0.1) is 17.4 Å². The highest BCUT2D eigenvalue weighted by Gasteiger charge is 2.29. The van der Waals surface area contributed by atoms with Gasteiger partial charge in [0, 0.05) is 6.04 Å². The van der Waals surface area contributed by atoms with Crippen molar-refractivity contribution >= 4 is 10.0 Å². The van der Waals surface area contributed by atoms with Crippen LogP contribution in [0.15, 0.2) is 29.2 Å². The molecule has 0 heterocycles. The maximum absolute atomic E-state index is 12.3. The molecule has 0 aliphatic heterocycles. The van der Waals surface area contributed by atoms with Gasteiger partial charge in [0.15, 0.2) is 0 Å². The molecule has 0 spiro atoms. The number of hydrogen-bond acceptors (Lipinski definition) is 3. The Labute approximate surface area is 115 Å². The van der Waals surface area contributed by atoms with E-state index in [1.54, 1.807) is 24.3 Å². The fraction of sp³-hybridized carbons (Fsp3) is 0.500. The molecule has 0 bridgehead atoms. The Hall–Kier alpha value is -1.38. The second-order valence-corrected chi connectivity index (χ2v) is 7.43. The van der Waals surface area contributed by atoms with Crippen molar-refractivity contribution in [3.05, 3.63) is 29.8 Å². The van der Waals surface area contributed by atoms with Crippen molar-refractivity contribution in [3.8, 4) is 6.07 Å². The lowest BCUT2D eigenvalue weighted by atomic mass is 9.86. The summed E-state index contributed by atoms with van der Waals surface area (Å²) in [5.74, 6) is 0. The molecule has 0 aromatic heterocycles.